The minimum absolute atomic E-state index is 0.361. The third-order valence-electron chi connectivity index (χ3n) is 2.68. The van der Waals surface area contributed by atoms with E-state index in [-0.39, 0.29) is 5.97 Å². The van der Waals surface area contributed by atoms with Crippen molar-refractivity contribution in [2.45, 2.75) is 5.60 Å². The van der Waals surface area contributed by atoms with Gasteiger partial charge in [-0.05, 0) is 17.7 Å². The highest BCUT2D eigenvalue weighted by molar-refractivity contribution is 5.89. The van der Waals surface area contributed by atoms with Crippen molar-refractivity contribution in [1.29, 1.82) is 0 Å². The summed E-state index contributed by atoms with van der Waals surface area (Å²) in [5.74, 6) is -0.361. The predicted octanol–water partition coefficient (Wildman–Crippen LogP) is 0.264. The summed E-state index contributed by atoms with van der Waals surface area (Å²) in [6.07, 6.45) is 0. The van der Waals surface area contributed by atoms with Gasteiger partial charge in [-0.2, -0.15) is 0 Å². The lowest BCUT2D eigenvalue weighted by atomic mass is 9.88. The molecule has 1 aliphatic rings. The molecule has 80 valence electrons. The van der Waals surface area contributed by atoms with Gasteiger partial charge in [-0.1, -0.05) is 12.1 Å². The summed E-state index contributed by atoms with van der Waals surface area (Å²) in [4.78, 5) is 11.2. The van der Waals surface area contributed by atoms with E-state index in [0.717, 1.165) is 5.56 Å². The summed E-state index contributed by atoms with van der Waals surface area (Å²) in [7, 11) is 1.35. The second-order valence-electron chi connectivity index (χ2n) is 3.70. The summed E-state index contributed by atoms with van der Waals surface area (Å²) < 4.78 is 4.59. The van der Waals surface area contributed by atoms with E-state index in [1.807, 2.05) is 0 Å². The largest absolute Gasteiger partial charge is 0.465 e. The normalized spacial score (nSPS) is 18.0. The number of hydrogen-bond acceptors (Lipinski definition) is 4. The molecule has 0 bridgehead atoms. The summed E-state index contributed by atoms with van der Waals surface area (Å²) in [6, 6.07) is 6.84. The Kier molecular flexibility index (Phi) is 2.46. The maximum absolute atomic E-state index is 11.2. The minimum atomic E-state index is -0.769. The van der Waals surface area contributed by atoms with Crippen LogP contribution in [-0.4, -0.2) is 31.3 Å². The molecule has 0 spiro atoms. The first kappa shape index (κ1) is 10.1. The molecule has 1 heterocycles. The topological polar surface area (TPSA) is 58.6 Å². The smallest absolute Gasteiger partial charge is 0.337 e. The first-order chi connectivity index (χ1) is 7.15. The third kappa shape index (κ3) is 1.73. The number of benzene rings is 1. The van der Waals surface area contributed by atoms with Crippen molar-refractivity contribution in [3.8, 4) is 0 Å². The molecule has 1 fully saturated rings. The lowest BCUT2D eigenvalue weighted by Gasteiger charge is -2.38. The van der Waals surface area contributed by atoms with Crippen LogP contribution in [0, 0.1) is 0 Å². The molecule has 0 saturated carbocycles. The van der Waals surface area contributed by atoms with Gasteiger partial charge in [-0.3, -0.25) is 0 Å². The number of carbonyl (C=O) groups excluding carboxylic acids is 1. The molecule has 0 amide bonds. The van der Waals surface area contributed by atoms with Crippen molar-refractivity contribution in [1.82, 2.24) is 5.32 Å². The molecule has 0 aromatic heterocycles. The Balaban J connectivity index is 2.20. The van der Waals surface area contributed by atoms with E-state index in [2.05, 4.69) is 10.1 Å². The SMILES string of the molecule is COC(=O)c1ccc(C2(O)CNC2)cc1. The molecular formula is C11H13NO3. The van der Waals surface area contributed by atoms with Crippen LogP contribution in [0.25, 0.3) is 0 Å². The molecule has 0 unspecified atom stereocenters. The number of β-amino-alcohol motifs (C(OH)–C–C–N with tert-alkyl or cyclic N) is 1. The molecule has 0 atom stereocenters. The van der Waals surface area contributed by atoms with Gasteiger partial charge in [-0.15, -0.1) is 0 Å². The molecule has 2 N–H and O–H groups in total. The fraction of sp³-hybridized carbons (Fsp3) is 0.364. The van der Waals surface area contributed by atoms with E-state index >= 15 is 0 Å². The highest BCUT2D eigenvalue weighted by Crippen LogP contribution is 2.25. The number of esters is 1. The van der Waals surface area contributed by atoms with Crippen LogP contribution in [0.5, 0.6) is 0 Å². The Morgan fingerprint density at radius 2 is 2.00 bits per heavy atom. The van der Waals surface area contributed by atoms with Gasteiger partial charge in [0.15, 0.2) is 0 Å². The first-order valence-electron chi connectivity index (χ1n) is 4.78. The third-order valence-corrected chi connectivity index (χ3v) is 2.68. The van der Waals surface area contributed by atoms with Crippen molar-refractivity contribution in [2.24, 2.45) is 0 Å². The summed E-state index contributed by atoms with van der Waals surface area (Å²) in [5.41, 5.74) is 0.556. The number of nitrogens with one attached hydrogen (secondary N) is 1. The molecule has 1 aliphatic heterocycles. The second-order valence-corrected chi connectivity index (χ2v) is 3.70. The van der Waals surface area contributed by atoms with Crippen LogP contribution in [0.3, 0.4) is 0 Å². The zero-order valence-electron chi connectivity index (χ0n) is 8.49. The summed E-state index contributed by atoms with van der Waals surface area (Å²) >= 11 is 0. The van der Waals surface area contributed by atoms with Gasteiger partial charge in [-0.25, -0.2) is 4.79 Å². The molecule has 1 aromatic rings. The van der Waals surface area contributed by atoms with E-state index in [1.54, 1.807) is 24.3 Å². The van der Waals surface area contributed by atoms with Gasteiger partial charge in [0.05, 0.1) is 12.7 Å². The maximum atomic E-state index is 11.2. The van der Waals surface area contributed by atoms with Crippen LogP contribution in [-0.2, 0) is 10.3 Å². The molecule has 4 nitrogen and oxygen atoms in total. The average Bonchev–Trinajstić information content (AvgIpc) is 2.25. The Bertz CT molecular complexity index is 368. The van der Waals surface area contributed by atoms with Crippen molar-refractivity contribution < 1.29 is 14.6 Å². The van der Waals surface area contributed by atoms with Crippen LogP contribution in [0.4, 0.5) is 0 Å². The van der Waals surface area contributed by atoms with Gasteiger partial charge in [0.2, 0.25) is 0 Å². The van der Waals surface area contributed by atoms with Crippen LogP contribution in [0.15, 0.2) is 24.3 Å². The molecule has 0 aliphatic carbocycles. The molecule has 15 heavy (non-hydrogen) atoms. The van der Waals surface area contributed by atoms with E-state index in [4.69, 9.17) is 0 Å². The highest BCUT2D eigenvalue weighted by Gasteiger charge is 2.35. The zero-order chi connectivity index (χ0) is 10.9. The summed E-state index contributed by atoms with van der Waals surface area (Å²) in [5, 5.41) is 13.0. The highest BCUT2D eigenvalue weighted by atomic mass is 16.5. The van der Waals surface area contributed by atoms with Crippen molar-refractivity contribution in [3.05, 3.63) is 35.4 Å². The minimum Gasteiger partial charge on any atom is -0.465 e. The van der Waals surface area contributed by atoms with E-state index in [9.17, 15) is 9.90 Å². The van der Waals surface area contributed by atoms with E-state index in [0.29, 0.717) is 18.7 Å². The van der Waals surface area contributed by atoms with Crippen molar-refractivity contribution >= 4 is 5.97 Å². The number of carbonyl (C=O) groups is 1. The zero-order valence-corrected chi connectivity index (χ0v) is 8.49. The average molecular weight is 207 g/mol. The fourth-order valence-electron chi connectivity index (χ4n) is 1.60. The number of rotatable bonds is 2. The molecule has 0 radical (unpaired) electrons. The monoisotopic (exact) mass is 207 g/mol. The molecule has 1 aromatic carbocycles. The number of ether oxygens (including phenoxy) is 1. The molecule has 1 saturated heterocycles. The fourth-order valence-corrected chi connectivity index (χ4v) is 1.60. The van der Waals surface area contributed by atoms with Gasteiger partial charge in [0.1, 0.15) is 5.60 Å². The lowest BCUT2D eigenvalue weighted by molar-refractivity contribution is -0.0146. The van der Waals surface area contributed by atoms with E-state index in [1.165, 1.54) is 7.11 Å². The Morgan fingerprint density at radius 3 is 2.40 bits per heavy atom. The molecule has 4 heteroatoms. The van der Waals surface area contributed by atoms with Gasteiger partial charge in [0, 0.05) is 13.1 Å². The van der Waals surface area contributed by atoms with Crippen LogP contribution >= 0.6 is 0 Å². The Labute approximate surface area is 87.9 Å². The standard InChI is InChI=1S/C11H13NO3/c1-15-10(13)8-2-4-9(5-3-8)11(14)6-12-7-11/h2-5,12,14H,6-7H2,1H3. The maximum Gasteiger partial charge on any atom is 0.337 e. The van der Waals surface area contributed by atoms with Crippen molar-refractivity contribution in [3.63, 3.8) is 0 Å². The first-order valence-corrected chi connectivity index (χ1v) is 4.78. The summed E-state index contributed by atoms with van der Waals surface area (Å²) in [6.45, 7) is 1.12. The van der Waals surface area contributed by atoms with E-state index < -0.39 is 5.60 Å². The lowest BCUT2D eigenvalue weighted by Crippen LogP contribution is -2.56. The number of aliphatic hydroxyl groups is 1. The van der Waals surface area contributed by atoms with Crippen LogP contribution in [0.1, 0.15) is 15.9 Å². The predicted molar refractivity (Wildman–Crippen MR) is 54.5 cm³/mol. The van der Waals surface area contributed by atoms with Gasteiger partial charge < -0.3 is 15.2 Å². The Morgan fingerprint density at radius 1 is 1.40 bits per heavy atom. The quantitative estimate of drug-likeness (QED) is 0.683. The van der Waals surface area contributed by atoms with Crippen LogP contribution in [0.2, 0.25) is 0 Å². The van der Waals surface area contributed by atoms with Crippen LogP contribution < -0.4 is 5.32 Å². The van der Waals surface area contributed by atoms with Gasteiger partial charge in [0.25, 0.3) is 0 Å². The van der Waals surface area contributed by atoms with Crippen molar-refractivity contribution in [2.75, 3.05) is 20.2 Å². The van der Waals surface area contributed by atoms with Gasteiger partial charge >= 0.3 is 5.97 Å². The number of hydrogen-bond donors (Lipinski definition) is 2. The second kappa shape index (κ2) is 3.64. The molecule has 2 rings (SSSR count). The number of methoxy groups -OCH3 is 1. The molecular weight excluding hydrogens is 194 g/mol. The Hall–Kier alpha value is -1.39.